The summed E-state index contributed by atoms with van der Waals surface area (Å²) in [4.78, 5) is 0. The number of aromatic nitrogens is 2. The van der Waals surface area contributed by atoms with Crippen LogP contribution in [0.25, 0.3) is 0 Å². The van der Waals surface area contributed by atoms with Crippen LogP contribution in [0.1, 0.15) is 24.8 Å². The van der Waals surface area contributed by atoms with Gasteiger partial charge in [0.15, 0.2) is 0 Å². The molecule has 0 aliphatic heterocycles. The maximum atomic E-state index is 6.00. The minimum absolute atomic E-state index is 0.357. The van der Waals surface area contributed by atoms with Gasteiger partial charge in [0.05, 0.1) is 6.20 Å². The maximum Gasteiger partial charge on any atom is 0.148 e. The van der Waals surface area contributed by atoms with Crippen LogP contribution in [-0.2, 0) is 0 Å². The predicted octanol–water partition coefficient (Wildman–Crippen LogP) is 1.32. The second kappa shape index (κ2) is 4.57. The van der Waals surface area contributed by atoms with Crippen LogP contribution < -0.4 is 11.1 Å². The van der Waals surface area contributed by atoms with Gasteiger partial charge in [0.2, 0.25) is 0 Å². The van der Waals surface area contributed by atoms with Crippen molar-refractivity contribution >= 4 is 5.82 Å². The lowest BCUT2D eigenvalue weighted by molar-refractivity contribution is 0.504. The normalized spacial score (nSPS) is 25.5. The van der Waals surface area contributed by atoms with E-state index in [0.29, 0.717) is 12.0 Å². The molecule has 3 N–H and O–H groups in total. The Balaban J connectivity index is 1.87. The van der Waals surface area contributed by atoms with E-state index in [4.69, 9.17) is 5.73 Å². The molecule has 2 unspecified atom stereocenters. The van der Waals surface area contributed by atoms with Crippen molar-refractivity contribution in [2.75, 3.05) is 11.9 Å². The minimum atomic E-state index is 0.357. The van der Waals surface area contributed by atoms with Gasteiger partial charge in [0, 0.05) is 12.6 Å². The molecule has 1 aromatic heterocycles. The molecule has 0 aromatic carbocycles. The summed E-state index contributed by atoms with van der Waals surface area (Å²) in [6.45, 7) is 2.93. The number of nitrogens with two attached hydrogens (primary N) is 1. The number of hydrogen-bond acceptors (Lipinski definition) is 4. The summed E-state index contributed by atoms with van der Waals surface area (Å²) in [5, 5.41) is 11.2. The fourth-order valence-electron chi connectivity index (χ4n) is 2.10. The Morgan fingerprint density at radius 2 is 2.40 bits per heavy atom. The lowest BCUT2D eigenvalue weighted by Crippen LogP contribution is -2.29. The molecule has 4 nitrogen and oxygen atoms in total. The van der Waals surface area contributed by atoms with Gasteiger partial charge in [-0.2, -0.15) is 5.10 Å². The number of nitrogens with one attached hydrogen (secondary N) is 1. The van der Waals surface area contributed by atoms with Gasteiger partial charge < -0.3 is 11.1 Å². The number of hydrogen-bond donors (Lipinski definition) is 2. The Labute approximate surface area is 90.3 Å². The topological polar surface area (TPSA) is 63.8 Å². The zero-order valence-corrected chi connectivity index (χ0v) is 9.11. The third-order valence-corrected chi connectivity index (χ3v) is 3.05. The number of nitrogens with zero attached hydrogens (tertiary/aromatic N) is 2. The van der Waals surface area contributed by atoms with Crippen molar-refractivity contribution in [3.63, 3.8) is 0 Å². The van der Waals surface area contributed by atoms with Gasteiger partial charge in [-0.05, 0) is 37.3 Å². The van der Waals surface area contributed by atoms with Crippen molar-refractivity contribution < 1.29 is 0 Å². The smallest absolute Gasteiger partial charge is 0.148 e. The van der Waals surface area contributed by atoms with Gasteiger partial charge in [0.1, 0.15) is 5.82 Å². The monoisotopic (exact) mass is 206 g/mol. The Hall–Kier alpha value is -1.16. The fraction of sp³-hybridized carbons (Fsp3) is 0.636. The summed E-state index contributed by atoms with van der Waals surface area (Å²) in [6, 6.07) is 2.36. The Morgan fingerprint density at radius 3 is 3.07 bits per heavy atom. The highest BCUT2D eigenvalue weighted by molar-refractivity contribution is 5.35. The Kier molecular flexibility index (Phi) is 3.16. The molecule has 1 saturated carbocycles. The molecular formula is C11H18N4. The highest BCUT2D eigenvalue weighted by Gasteiger charge is 2.23. The van der Waals surface area contributed by atoms with Gasteiger partial charge in [0.25, 0.3) is 0 Å². The van der Waals surface area contributed by atoms with Crippen LogP contribution in [0.4, 0.5) is 5.82 Å². The summed E-state index contributed by atoms with van der Waals surface area (Å²) in [7, 11) is 0. The molecule has 1 aliphatic carbocycles. The SMILES string of the molecule is Cc1cnnc(NCC2CCCC2N)c1. The van der Waals surface area contributed by atoms with E-state index < -0.39 is 0 Å². The van der Waals surface area contributed by atoms with Crippen molar-refractivity contribution in [3.8, 4) is 0 Å². The van der Waals surface area contributed by atoms with E-state index in [0.717, 1.165) is 24.3 Å². The summed E-state index contributed by atoms with van der Waals surface area (Å²) in [6.07, 6.45) is 5.40. The molecule has 2 rings (SSSR count). The van der Waals surface area contributed by atoms with Crippen molar-refractivity contribution in [2.45, 2.75) is 32.2 Å². The lowest BCUT2D eigenvalue weighted by Gasteiger charge is -2.15. The predicted molar refractivity (Wildman–Crippen MR) is 60.6 cm³/mol. The summed E-state index contributed by atoms with van der Waals surface area (Å²) in [5.41, 5.74) is 7.12. The Morgan fingerprint density at radius 1 is 1.53 bits per heavy atom. The maximum absolute atomic E-state index is 6.00. The average Bonchev–Trinajstić information content (AvgIpc) is 2.61. The molecule has 2 atom stereocenters. The molecule has 0 saturated heterocycles. The second-order valence-electron chi connectivity index (χ2n) is 4.35. The van der Waals surface area contributed by atoms with Gasteiger partial charge in [-0.15, -0.1) is 5.10 Å². The standard InChI is InChI=1S/C11H18N4/c1-8-5-11(15-14-6-8)13-7-9-3-2-4-10(9)12/h5-6,9-10H,2-4,7,12H2,1H3,(H,13,15). The lowest BCUT2D eigenvalue weighted by atomic mass is 10.1. The molecule has 4 heteroatoms. The van der Waals surface area contributed by atoms with Crippen LogP contribution in [0.15, 0.2) is 12.3 Å². The van der Waals surface area contributed by atoms with Crippen molar-refractivity contribution in [3.05, 3.63) is 17.8 Å². The molecule has 82 valence electrons. The molecule has 0 amide bonds. The van der Waals surface area contributed by atoms with Crippen LogP contribution in [0, 0.1) is 12.8 Å². The minimum Gasteiger partial charge on any atom is -0.368 e. The van der Waals surface area contributed by atoms with Crippen LogP contribution in [0.3, 0.4) is 0 Å². The molecule has 1 fully saturated rings. The fourth-order valence-corrected chi connectivity index (χ4v) is 2.10. The van der Waals surface area contributed by atoms with Crippen molar-refractivity contribution in [1.29, 1.82) is 0 Å². The molecule has 1 aliphatic rings. The van der Waals surface area contributed by atoms with Crippen LogP contribution in [0.5, 0.6) is 0 Å². The second-order valence-corrected chi connectivity index (χ2v) is 4.35. The van der Waals surface area contributed by atoms with E-state index in [2.05, 4.69) is 15.5 Å². The third-order valence-electron chi connectivity index (χ3n) is 3.05. The summed E-state index contributed by atoms with van der Waals surface area (Å²) < 4.78 is 0. The number of aryl methyl sites for hydroxylation is 1. The molecule has 1 aromatic rings. The average molecular weight is 206 g/mol. The first-order valence-electron chi connectivity index (χ1n) is 5.54. The van der Waals surface area contributed by atoms with E-state index >= 15 is 0 Å². The zero-order valence-electron chi connectivity index (χ0n) is 9.11. The molecule has 1 heterocycles. The van der Waals surface area contributed by atoms with Gasteiger partial charge >= 0.3 is 0 Å². The zero-order chi connectivity index (χ0) is 10.7. The van der Waals surface area contributed by atoms with E-state index in [1.807, 2.05) is 13.0 Å². The number of anilines is 1. The van der Waals surface area contributed by atoms with Gasteiger partial charge in [-0.25, -0.2) is 0 Å². The molecule has 0 radical (unpaired) electrons. The third kappa shape index (κ3) is 2.65. The first-order valence-corrected chi connectivity index (χ1v) is 5.54. The molecule has 0 spiro atoms. The van der Waals surface area contributed by atoms with Crippen LogP contribution >= 0.6 is 0 Å². The van der Waals surface area contributed by atoms with Crippen molar-refractivity contribution in [1.82, 2.24) is 10.2 Å². The highest BCUT2D eigenvalue weighted by atomic mass is 15.2. The Bertz CT molecular complexity index is 326. The van der Waals surface area contributed by atoms with Crippen LogP contribution in [-0.4, -0.2) is 22.8 Å². The van der Waals surface area contributed by atoms with Crippen molar-refractivity contribution in [2.24, 2.45) is 11.7 Å². The first kappa shape index (κ1) is 10.4. The van der Waals surface area contributed by atoms with Gasteiger partial charge in [-0.3, -0.25) is 0 Å². The van der Waals surface area contributed by atoms with E-state index in [1.54, 1.807) is 6.20 Å². The largest absolute Gasteiger partial charge is 0.368 e. The van der Waals surface area contributed by atoms with E-state index in [1.165, 1.54) is 12.8 Å². The highest BCUT2D eigenvalue weighted by Crippen LogP contribution is 2.23. The first-order chi connectivity index (χ1) is 7.25. The van der Waals surface area contributed by atoms with Gasteiger partial charge in [-0.1, -0.05) is 6.42 Å². The quantitative estimate of drug-likeness (QED) is 0.783. The van der Waals surface area contributed by atoms with Crippen LogP contribution in [0.2, 0.25) is 0 Å². The summed E-state index contributed by atoms with van der Waals surface area (Å²) >= 11 is 0. The number of rotatable bonds is 3. The van der Waals surface area contributed by atoms with E-state index in [9.17, 15) is 0 Å². The molecule has 0 bridgehead atoms. The van der Waals surface area contributed by atoms with E-state index in [-0.39, 0.29) is 0 Å². The molecule has 15 heavy (non-hydrogen) atoms. The summed E-state index contributed by atoms with van der Waals surface area (Å²) in [5.74, 6) is 1.45. The molecular weight excluding hydrogens is 188 g/mol.